The summed E-state index contributed by atoms with van der Waals surface area (Å²) in [7, 11) is 0. The van der Waals surface area contributed by atoms with Gasteiger partial charge in [-0.05, 0) is 0 Å². The van der Waals surface area contributed by atoms with E-state index in [1.54, 1.807) is 0 Å². The molecule has 66 valence electrons. The Morgan fingerprint density at radius 3 is 0.167 bits per heavy atom. The summed E-state index contributed by atoms with van der Waals surface area (Å²) in [4.78, 5) is 0. The van der Waals surface area contributed by atoms with Crippen molar-refractivity contribution in [3.63, 3.8) is 0 Å². The average Bonchev–Trinajstić information content (AvgIpc) is 0. The van der Waals surface area contributed by atoms with Gasteiger partial charge in [0.25, 0.3) is 0 Å². The fourth-order valence-electron chi connectivity index (χ4n) is 0. The maximum absolute atomic E-state index is 0. The number of hydrogen-bond donors (Lipinski definition) is 0. The van der Waals surface area contributed by atoms with Crippen molar-refractivity contribution in [2.24, 2.45) is 0 Å². The zero-order valence-corrected chi connectivity index (χ0v) is 14.8. The van der Waals surface area contributed by atoms with E-state index in [0.29, 0.717) is 0 Å². The van der Waals surface area contributed by atoms with E-state index in [9.17, 15) is 0 Å². The van der Waals surface area contributed by atoms with Crippen molar-refractivity contribution in [1.29, 1.82) is 0 Å². The summed E-state index contributed by atoms with van der Waals surface area (Å²) in [6, 6.07) is 0. The van der Waals surface area contributed by atoms with Crippen LogP contribution in [0.4, 0.5) is 0 Å². The standard InChI is InChI=1S/6Au. The molecule has 6 heteroatoms. The Bertz CT molecular complexity index is 0. The normalized spacial score (nSPS) is 0. The third-order valence-corrected chi connectivity index (χ3v) is 0. The molecule has 6 radical (unpaired) electrons. The van der Waals surface area contributed by atoms with Gasteiger partial charge in [0, 0.05) is 134 Å². The maximum Gasteiger partial charge on any atom is 0 e. The Morgan fingerprint density at radius 1 is 0.167 bits per heavy atom. The van der Waals surface area contributed by atoms with Crippen molar-refractivity contribution in [3.8, 4) is 0 Å². The van der Waals surface area contributed by atoms with Crippen LogP contribution in [0.5, 0.6) is 0 Å². The molecule has 0 N–H and O–H groups in total. The molecule has 0 spiro atoms. The summed E-state index contributed by atoms with van der Waals surface area (Å²) in [5.41, 5.74) is 0. The summed E-state index contributed by atoms with van der Waals surface area (Å²) in [6.07, 6.45) is 0. The Hall–Kier alpha value is 4.44. The van der Waals surface area contributed by atoms with Gasteiger partial charge < -0.3 is 0 Å². The average molecular weight is 1180 g/mol. The first kappa shape index (κ1) is 47.2. The molecule has 6 heavy (non-hydrogen) atoms. The van der Waals surface area contributed by atoms with Crippen molar-refractivity contribution < 1.29 is 134 Å². The summed E-state index contributed by atoms with van der Waals surface area (Å²) in [6.45, 7) is 0. The zero-order valence-electron chi connectivity index (χ0n) is 1.81. The van der Waals surface area contributed by atoms with Crippen LogP contribution in [0, 0.1) is 0 Å². The number of rotatable bonds is 0. The summed E-state index contributed by atoms with van der Waals surface area (Å²) >= 11 is 0. The van der Waals surface area contributed by atoms with Crippen LogP contribution in [0.25, 0.3) is 0 Å². The molecule has 0 saturated heterocycles. The molecular weight excluding hydrogens is 1180 g/mol. The van der Waals surface area contributed by atoms with Crippen LogP contribution < -0.4 is 0 Å². The molecule has 0 fully saturated rings. The third kappa shape index (κ3) is 23.7. The molecule has 0 atom stereocenters. The Balaban J connectivity index is 0. The molecule has 0 aliphatic carbocycles. The van der Waals surface area contributed by atoms with E-state index in [1.165, 1.54) is 0 Å². The van der Waals surface area contributed by atoms with E-state index in [1.807, 2.05) is 0 Å². The Labute approximate surface area is 131 Å². The van der Waals surface area contributed by atoms with Gasteiger partial charge >= 0.3 is 0 Å². The predicted octanol–water partition coefficient (Wildman–Crippen LogP) is -0.0150. The molecular formula is Au6. The van der Waals surface area contributed by atoms with E-state index >= 15 is 0 Å². The van der Waals surface area contributed by atoms with Crippen LogP contribution in [0.15, 0.2) is 0 Å². The Morgan fingerprint density at radius 2 is 0.167 bits per heavy atom. The van der Waals surface area contributed by atoms with E-state index < -0.39 is 0 Å². The van der Waals surface area contributed by atoms with Crippen LogP contribution in [0.3, 0.4) is 0 Å². The molecule has 0 unspecified atom stereocenters. The minimum Gasteiger partial charge on any atom is 0 e. The van der Waals surface area contributed by atoms with Gasteiger partial charge in [0.05, 0.1) is 0 Å². The Kier molecular flexibility index (Phi) is 268. The first-order chi connectivity index (χ1) is 0. The fraction of sp³-hybridized carbons (Fsp3) is 0. The van der Waals surface area contributed by atoms with Gasteiger partial charge in [-0.3, -0.25) is 0 Å². The molecule has 0 aromatic carbocycles. The van der Waals surface area contributed by atoms with Crippen molar-refractivity contribution in [2.45, 2.75) is 0 Å². The molecule has 0 aromatic rings. The van der Waals surface area contributed by atoms with Gasteiger partial charge in [0.2, 0.25) is 0 Å². The fourth-order valence-corrected chi connectivity index (χ4v) is 0. The number of hydrogen-bond acceptors (Lipinski definition) is 0. The smallest absolute Gasteiger partial charge is 0 e. The summed E-state index contributed by atoms with van der Waals surface area (Å²) in [5.74, 6) is 0. The van der Waals surface area contributed by atoms with Crippen LogP contribution in [0.2, 0.25) is 0 Å². The van der Waals surface area contributed by atoms with Gasteiger partial charge in [-0.2, -0.15) is 0 Å². The third-order valence-electron chi connectivity index (χ3n) is 0. The molecule has 0 saturated carbocycles. The van der Waals surface area contributed by atoms with Gasteiger partial charge in [0.1, 0.15) is 0 Å². The molecule has 0 aromatic heterocycles. The van der Waals surface area contributed by atoms with E-state index in [-0.39, 0.29) is 134 Å². The van der Waals surface area contributed by atoms with E-state index in [4.69, 9.17) is 0 Å². The molecule has 0 bridgehead atoms. The summed E-state index contributed by atoms with van der Waals surface area (Å²) < 4.78 is 0. The largest absolute Gasteiger partial charge is 0 e. The molecule has 0 rings (SSSR count). The minimum atomic E-state index is 0. The van der Waals surface area contributed by atoms with E-state index in [2.05, 4.69) is 0 Å². The van der Waals surface area contributed by atoms with E-state index in [0.717, 1.165) is 0 Å². The first-order valence-corrected chi connectivity index (χ1v) is 0. The zero-order chi connectivity index (χ0) is 0. The van der Waals surface area contributed by atoms with Crippen LogP contribution in [-0.4, -0.2) is 0 Å². The molecule has 0 aliphatic rings. The second-order valence-electron chi connectivity index (χ2n) is 0. The SMILES string of the molecule is [Au].[Au].[Au].[Au].[Au].[Au]. The topological polar surface area (TPSA) is 0 Å². The van der Waals surface area contributed by atoms with Crippen molar-refractivity contribution in [2.75, 3.05) is 0 Å². The monoisotopic (exact) mass is 1180 g/mol. The maximum atomic E-state index is 0. The van der Waals surface area contributed by atoms with Gasteiger partial charge in [-0.25, -0.2) is 0 Å². The van der Waals surface area contributed by atoms with Gasteiger partial charge in [-0.15, -0.1) is 0 Å². The first-order valence-electron chi connectivity index (χ1n) is 0. The molecule has 0 amide bonds. The second kappa shape index (κ2) is 34.1. The molecule has 0 nitrogen and oxygen atoms in total. The predicted molar refractivity (Wildman–Crippen MR) is 0 cm³/mol. The van der Waals surface area contributed by atoms with Crippen molar-refractivity contribution >= 4 is 0 Å². The minimum absolute atomic E-state index is 0. The quantitative estimate of drug-likeness (QED) is 0.300. The van der Waals surface area contributed by atoms with Crippen molar-refractivity contribution in [1.82, 2.24) is 0 Å². The van der Waals surface area contributed by atoms with Crippen LogP contribution in [-0.2, 0) is 134 Å². The van der Waals surface area contributed by atoms with Crippen LogP contribution in [0.1, 0.15) is 0 Å². The van der Waals surface area contributed by atoms with Gasteiger partial charge in [0.15, 0.2) is 0 Å². The molecule has 0 heterocycles. The second-order valence-corrected chi connectivity index (χ2v) is 0. The van der Waals surface area contributed by atoms with Crippen molar-refractivity contribution in [3.05, 3.63) is 0 Å². The molecule has 0 aliphatic heterocycles. The van der Waals surface area contributed by atoms with Gasteiger partial charge in [-0.1, -0.05) is 0 Å². The summed E-state index contributed by atoms with van der Waals surface area (Å²) in [5, 5.41) is 0. The van der Waals surface area contributed by atoms with Crippen LogP contribution >= 0.6 is 0 Å².